The van der Waals surface area contributed by atoms with Gasteiger partial charge in [-0.25, -0.2) is 0 Å². The SMILES string of the molecule is CC(C)=C1CC1c1cccnc1. The fourth-order valence-electron chi connectivity index (χ4n) is 1.61. The highest BCUT2D eigenvalue weighted by atomic mass is 14.6. The van der Waals surface area contributed by atoms with E-state index < -0.39 is 0 Å². The highest BCUT2D eigenvalue weighted by Gasteiger charge is 2.31. The van der Waals surface area contributed by atoms with E-state index in [0.29, 0.717) is 5.92 Å². The monoisotopic (exact) mass is 159 g/mol. The van der Waals surface area contributed by atoms with E-state index >= 15 is 0 Å². The predicted molar refractivity (Wildman–Crippen MR) is 50.0 cm³/mol. The molecule has 0 spiro atoms. The Hall–Kier alpha value is -1.11. The zero-order valence-electron chi connectivity index (χ0n) is 7.54. The number of allylic oxidation sites excluding steroid dienone is 2. The van der Waals surface area contributed by atoms with Crippen LogP contribution in [0.5, 0.6) is 0 Å². The van der Waals surface area contributed by atoms with Crippen molar-refractivity contribution in [2.45, 2.75) is 26.2 Å². The van der Waals surface area contributed by atoms with E-state index in [0.717, 1.165) is 0 Å². The molecule has 0 amide bonds. The Morgan fingerprint density at radius 3 is 2.83 bits per heavy atom. The van der Waals surface area contributed by atoms with Crippen molar-refractivity contribution in [2.75, 3.05) is 0 Å². The van der Waals surface area contributed by atoms with E-state index in [1.54, 1.807) is 5.57 Å². The summed E-state index contributed by atoms with van der Waals surface area (Å²) >= 11 is 0. The van der Waals surface area contributed by atoms with Crippen LogP contribution >= 0.6 is 0 Å². The van der Waals surface area contributed by atoms with Crippen LogP contribution < -0.4 is 0 Å². The van der Waals surface area contributed by atoms with E-state index in [1.165, 1.54) is 17.6 Å². The van der Waals surface area contributed by atoms with Gasteiger partial charge in [-0.2, -0.15) is 0 Å². The molecule has 0 bridgehead atoms. The average Bonchev–Trinajstić information content (AvgIpc) is 2.84. The molecule has 1 saturated carbocycles. The zero-order valence-corrected chi connectivity index (χ0v) is 7.54. The minimum atomic E-state index is 0.684. The van der Waals surface area contributed by atoms with Crippen LogP contribution in [0.2, 0.25) is 0 Å². The third kappa shape index (κ3) is 1.27. The lowest BCUT2D eigenvalue weighted by atomic mass is 10.1. The van der Waals surface area contributed by atoms with E-state index in [9.17, 15) is 0 Å². The number of hydrogen-bond acceptors (Lipinski definition) is 1. The molecule has 1 unspecified atom stereocenters. The maximum absolute atomic E-state index is 4.12. The van der Waals surface area contributed by atoms with Crippen LogP contribution in [0.15, 0.2) is 35.7 Å². The van der Waals surface area contributed by atoms with E-state index in [4.69, 9.17) is 0 Å². The summed E-state index contributed by atoms with van der Waals surface area (Å²) < 4.78 is 0. The topological polar surface area (TPSA) is 12.9 Å². The van der Waals surface area contributed by atoms with Crippen molar-refractivity contribution in [3.8, 4) is 0 Å². The molecule has 0 aromatic carbocycles. The summed E-state index contributed by atoms with van der Waals surface area (Å²) in [5.74, 6) is 0.684. The van der Waals surface area contributed by atoms with Gasteiger partial charge in [0.2, 0.25) is 0 Å². The fraction of sp³-hybridized carbons (Fsp3) is 0.364. The molecule has 62 valence electrons. The van der Waals surface area contributed by atoms with Crippen LogP contribution in [-0.4, -0.2) is 4.98 Å². The second-order valence-electron chi connectivity index (χ2n) is 3.57. The van der Waals surface area contributed by atoms with Gasteiger partial charge in [-0.05, 0) is 31.9 Å². The number of pyridine rings is 1. The van der Waals surface area contributed by atoms with E-state index in [2.05, 4.69) is 24.9 Å². The second-order valence-corrected chi connectivity index (χ2v) is 3.57. The maximum atomic E-state index is 4.12. The van der Waals surface area contributed by atoms with Gasteiger partial charge in [-0.3, -0.25) is 4.98 Å². The smallest absolute Gasteiger partial charge is 0.0306 e. The van der Waals surface area contributed by atoms with Gasteiger partial charge in [0.1, 0.15) is 0 Å². The Morgan fingerprint density at radius 1 is 1.50 bits per heavy atom. The number of rotatable bonds is 1. The van der Waals surface area contributed by atoms with Crippen molar-refractivity contribution in [3.05, 3.63) is 41.2 Å². The molecule has 1 fully saturated rings. The molecule has 1 heteroatoms. The van der Waals surface area contributed by atoms with Crippen LogP contribution in [0.4, 0.5) is 0 Å². The minimum Gasteiger partial charge on any atom is -0.264 e. The van der Waals surface area contributed by atoms with Gasteiger partial charge in [0.05, 0.1) is 0 Å². The Bertz CT molecular complexity index is 307. The molecule has 0 aliphatic heterocycles. The van der Waals surface area contributed by atoms with Gasteiger partial charge in [-0.1, -0.05) is 17.2 Å². The van der Waals surface area contributed by atoms with Crippen molar-refractivity contribution in [2.24, 2.45) is 0 Å². The molecule has 1 aromatic heterocycles. The summed E-state index contributed by atoms with van der Waals surface area (Å²) in [6.45, 7) is 4.37. The molecule has 0 N–H and O–H groups in total. The number of nitrogens with zero attached hydrogens (tertiary/aromatic N) is 1. The standard InChI is InChI=1S/C11H13N/c1-8(2)10-6-11(10)9-4-3-5-12-7-9/h3-5,7,11H,6H2,1-2H3. The van der Waals surface area contributed by atoms with Crippen molar-refractivity contribution in [3.63, 3.8) is 0 Å². The van der Waals surface area contributed by atoms with Crippen molar-refractivity contribution < 1.29 is 0 Å². The Morgan fingerprint density at radius 2 is 2.33 bits per heavy atom. The van der Waals surface area contributed by atoms with Gasteiger partial charge < -0.3 is 0 Å². The molecular weight excluding hydrogens is 146 g/mol. The first-order valence-electron chi connectivity index (χ1n) is 4.35. The quantitative estimate of drug-likeness (QED) is 0.574. The zero-order chi connectivity index (χ0) is 8.55. The summed E-state index contributed by atoms with van der Waals surface area (Å²) in [6.07, 6.45) is 5.04. The molecular formula is C11H13N. The number of aromatic nitrogens is 1. The first-order valence-corrected chi connectivity index (χ1v) is 4.35. The molecule has 1 aromatic rings. The lowest BCUT2D eigenvalue weighted by molar-refractivity contribution is 1.11. The summed E-state index contributed by atoms with van der Waals surface area (Å²) in [5, 5.41) is 0. The Kier molecular flexibility index (Phi) is 1.72. The summed E-state index contributed by atoms with van der Waals surface area (Å²) in [7, 11) is 0. The van der Waals surface area contributed by atoms with Crippen molar-refractivity contribution >= 4 is 0 Å². The van der Waals surface area contributed by atoms with Gasteiger partial charge in [-0.15, -0.1) is 0 Å². The highest BCUT2D eigenvalue weighted by Crippen LogP contribution is 2.48. The normalized spacial score (nSPS) is 20.8. The van der Waals surface area contributed by atoms with Gasteiger partial charge in [0.15, 0.2) is 0 Å². The molecule has 0 radical (unpaired) electrons. The number of hydrogen-bond donors (Lipinski definition) is 0. The summed E-state index contributed by atoms with van der Waals surface area (Å²) in [5.41, 5.74) is 4.44. The Balaban J connectivity index is 2.22. The molecule has 1 aliphatic rings. The van der Waals surface area contributed by atoms with Crippen LogP contribution in [-0.2, 0) is 0 Å². The molecule has 1 heterocycles. The molecule has 0 saturated heterocycles. The summed E-state index contributed by atoms with van der Waals surface area (Å²) in [4.78, 5) is 4.12. The van der Waals surface area contributed by atoms with E-state index in [-0.39, 0.29) is 0 Å². The lowest BCUT2D eigenvalue weighted by Crippen LogP contribution is -1.79. The van der Waals surface area contributed by atoms with Crippen molar-refractivity contribution in [1.29, 1.82) is 0 Å². The minimum absolute atomic E-state index is 0.684. The van der Waals surface area contributed by atoms with Gasteiger partial charge in [0.25, 0.3) is 0 Å². The predicted octanol–water partition coefficient (Wildman–Crippen LogP) is 2.91. The average molecular weight is 159 g/mol. The molecule has 12 heavy (non-hydrogen) atoms. The highest BCUT2D eigenvalue weighted by molar-refractivity contribution is 5.41. The van der Waals surface area contributed by atoms with Crippen LogP contribution in [0.25, 0.3) is 0 Å². The van der Waals surface area contributed by atoms with Crippen molar-refractivity contribution in [1.82, 2.24) is 4.98 Å². The molecule has 1 aliphatic carbocycles. The molecule has 1 nitrogen and oxygen atoms in total. The first kappa shape index (κ1) is 7.53. The van der Waals surface area contributed by atoms with Gasteiger partial charge >= 0.3 is 0 Å². The van der Waals surface area contributed by atoms with Crippen LogP contribution in [0.3, 0.4) is 0 Å². The molecule has 2 rings (SSSR count). The third-order valence-electron chi connectivity index (χ3n) is 2.41. The summed E-state index contributed by atoms with van der Waals surface area (Å²) in [6, 6.07) is 4.17. The largest absolute Gasteiger partial charge is 0.264 e. The van der Waals surface area contributed by atoms with Gasteiger partial charge in [0, 0.05) is 18.3 Å². The second kappa shape index (κ2) is 2.74. The fourth-order valence-corrected chi connectivity index (χ4v) is 1.61. The van der Waals surface area contributed by atoms with E-state index in [1.807, 2.05) is 18.5 Å². The molecule has 1 atom stereocenters. The third-order valence-corrected chi connectivity index (χ3v) is 2.41. The van der Waals surface area contributed by atoms with Crippen LogP contribution in [0.1, 0.15) is 31.7 Å². The first-order chi connectivity index (χ1) is 5.79. The Labute approximate surface area is 73.1 Å². The maximum Gasteiger partial charge on any atom is 0.0306 e. The lowest BCUT2D eigenvalue weighted by Gasteiger charge is -1.93. The van der Waals surface area contributed by atoms with Crippen LogP contribution in [0, 0.1) is 0 Å².